The van der Waals surface area contributed by atoms with Crippen molar-refractivity contribution in [2.24, 2.45) is 0 Å². The maximum atomic E-state index is 12.4. The van der Waals surface area contributed by atoms with Gasteiger partial charge in [0, 0.05) is 17.0 Å². The number of fused-ring (bicyclic) bond motifs is 1. The van der Waals surface area contributed by atoms with E-state index in [1.165, 1.54) is 37.0 Å². The molecule has 1 aliphatic heterocycles. The second-order valence-electron chi connectivity index (χ2n) is 7.10. The SMILES string of the molecule is O=C(Cc1csc(NC(=O)c2ccc3c(c2)OCO3)n1)NC1CCCCCC1. The first-order valence-corrected chi connectivity index (χ1v) is 10.5. The molecule has 0 spiro atoms. The van der Waals surface area contributed by atoms with E-state index in [-0.39, 0.29) is 31.1 Å². The second-order valence-corrected chi connectivity index (χ2v) is 7.96. The van der Waals surface area contributed by atoms with Gasteiger partial charge in [-0.3, -0.25) is 14.9 Å². The van der Waals surface area contributed by atoms with Crippen LogP contribution in [-0.4, -0.2) is 29.6 Å². The van der Waals surface area contributed by atoms with Gasteiger partial charge in [0.15, 0.2) is 16.6 Å². The lowest BCUT2D eigenvalue weighted by atomic mass is 10.1. The minimum Gasteiger partial charge on any atom is -0.454 e. The molecule has 2 N–H and O–H groups in total. The summed E-state index contributed by atoms with van der Waals surface area (Å²) < 4.78 is 10.5. The van der Waals surface area contributed by atoms with Crippen molar-refractivity contribution in [3.05, 3.63) is 34.8 Å². The maximum Gasteiger partial charge on any atom is 0.257 e. The van der Waals surface area contributed by atoms with Gasteiger partial charge in [-0.05, 0) is 31.0 Å². The third kappa shape index (κ3) is 4.62. The van der Waals surface area contributed by atoms with Crippen LogP contribution in [0.5, 0.6) is 11.5 Å². The van der Waals surface area contributed by atoms with Crippen molar-refractivity contribution >= 4 is 28.3 Å². The normalized spacial score (nSPS) is 16.4. The zero-order chi connectivity index (χ0) is 19.3. The molecule has 1 aromatic heterocycles. The quantitative estimate of drug-likeness (QED) is 0.749. The fourth-order valence-corrected chi connectivity index (χ4v) is 4.22. The van der Waals surface area contributed by atoms with Gasteiger partial charge in [-0.1, -0.05) is 25.7 Å². The Morgan fingerprint density at radius 2 is 1.89 bits per heavy atom. The minimum atomic E-state index is -0.276. The monoisotopic (exact) mass is 401 g/mol. The molecule has 1 aromatic carbocycles. The van der Waals surface area contributed by atoms with Crippen molar-refractivity contribution in [2.45, 2.75) is 51.0 Å². The molecule has 1 fully saturated rings. The third-order valence-electron chi connectivity index (χ3n) is 4.97. The molecule has 1 aliphatic carbocycles. The molecular weight excluding hydrogens is 378 g/mol. The predicted molar refractivity (Wildman–Crippen MR) is 106 cm³/mol. The Labute approximate surface area is 167 Å². The van der Waals surface area contributed by atoms with E-state index >= 15 is 0 Å². The average Bonchev–Trinajstić information content (AvgIpc) is 3.25. The molecule has 0 unspecified atom stereocenters. The van der Waals surface area contributed by atoms with Crippen LogP contribution in [0.2, 0.25) is 0 Å². The maximum absolute atomic E-state index is 12.4. The second kappa shape index (κ2) is 8.60. The first-order chi connectivity index (χ1) is 13.7. The lowest BCUT2D eigenvalue weighted by Gasteiger charge is -2.15. The van der Waals surface area contributed by atoms with Crippen LogP contribution in [0.3, 0.4) is 0 Å². The lowest BCUT2D eigenvalue weighted by Crippen LogP contribution is -2.35. The van der Waals surface area contributed by atoms with Gasteiger partial charge < -0.3 is 14.8 Å². The summed E-state index contributed by atoms with van der Waals surface area (Å²) >= 11 is 1.31. The molecule has 2 aromatic rings. The van der Waals surface area contributed by atoms with Gasteiger partial charge in [-0.25, -0.2) is 4.98 Å². The molecule has 0 saturated heterocycles. The zero-order valence-corrected chi connectivity index (χ0v) is 16.3. The summed E-state index contributed by atoms with van der Waals surface area (Å²) in [6, 6.07) is 5.31. The van der Waals surface area contributed by atoms with Gasteiger partial charge in [-0.2, -0.15) is 0 Å². The summed E-state index contributed by atoms with van der Waals surface area (Å²) in [6.07, 6.45) is 7.21. The fraction of sp³-hybridized carbons (Fsp3) is 0.450. The molecule has 1 saturated carbocycles. The van der Waals surface area contributed by atoms with E-state index in [9.17, 15) is 9.59 Å². The highest BCUT2D eigenvalue weighted by atomic mass is 32.1. The molecular formula is C20H23N3O4S. The summed E-state index contributed by atoms with van der Waals surface area (Å²) in [5, 5.41) is 8.17. The highest BCUT2D eigenvalue weighted by Crippen LogP contribution is 2.32. The highest BCUT2D eigenvalue weighted by Gasteiger charge is 2.18. The summed E-state index contributed by atoms with van der Waals surface area (Å²) in [5.41, 5.74) is 1.13. The molecule has 0 bridgehead atoms. The molecule has 0 atom stereocenters. The molecule has 0 radical (unpaired) electrons. The number of ether oxygens (including phenoxy) is 2. The summed E-state index contributed by atoms with van der Waals surface area (Å²) in [6.45, 7) is 0.166. The Kier molecular flexibility index (Phi) is 5.76. The van der Waals surface area contributed by atoms with Gasteiger partial charge >= 0.3 is 0 Å². The first-order valence-electron chi connectivity index (χ1n) is 9.62. The number of hydrogen-bond acceptors (Lipinski definition) is 6. The van der Waals surface area contributed by atoms with E-state index in [4.69, 9.17) is 9.47 Å². The van der Waals surface area contributed by atoms with E-state index in [0.29, 0.717) is 27.9 Å². The number of nitrogens with zero attached hydrogens (tertiary/aromatic N) is 1. The van der Waals surface area contributed by atoms with E-state index < -0.39 is 0 Å². The number of nitrogens with one attached hydrogen (secondary N) is 2. The Morgan fingerprint density at radius 1 is 1.11 bits per heavy atom. The molecule has 148 valence electrons. The predicted octanol–water partition coefficient (Wildman–Crippen LogP) is 3.51. The summed E-state index contributed by atoms with van der Waals surface area (Å²) in [7, 11) is 0. The lowest BCUT2D eigenvalue weighted by molar-refractivity contribution is -0.121. The standard InChI is InChI=1S/C20H23N3O4S/c24-18(21-14-5-3-1-2-4-6-14)10-15-11-28-20(22-15)23-19(25)13-7-8-16-17(9-13)27-12-26-16/h7-9,11,14H,1-6,10,12H2,(H,21,24)(H,22,23,25). The third-order valence-corrected chi connectivity index (χ3v) is 5.78. The Morgan fingerprint density at radius 3 is 2.71 bits per heavy atom. The highest BCUT2D eigenvalue weighted by molar-refractivity contribution is 7.14. The van der Waals surface area contributed by atoms with Crippen molar-refractivity contribution in [3.8, 4) is 11.5 Å². The number of rotatable bonds is 5. The van der Waals surface area contributed by atoms with E-state index in [2.05, 4.69) is 15.6 Å². The van der Waals surface area contributed by atoms with Crippen molar-refractivity contribution in [1.29, 1.82) is 0 Å². The van der Waals surface area contributed by atoms with Crippen LogP contribution in [0.25, 0.3) is 0 Å². The molecule has 2 heterocycles. The Bertz CT molecular complexity index is 859. The van der Waals surface area contributed by atoms with E-state index in [0.717, 1.165) is 12.8 Å². The topological polar surface area (TPSA) is 89.6 Å². The van der Waals surface area contributed by atoms with Gasteiger partial charge in [0.25, 0.3) is 5.91 Å². The summed E-state index contributed by atoms with van der Waals surface area (Å²) in [4.78, 5) is 29.1. The largest absolute Gasteiger partial charge is 0.454 e. The van der Waals surface area contributed by atoms with Crippen molar-refractivity contribution in [3.63, 3.8) is 0 Å². The summed E-state index contributed by atoms with van der Waals surface area (Å²) in [5.74, 6) is 0.906. The van der Waals surface area contributed by atoms with E-state index in [1.54, 1.807) is 18.2 Å². The van der Waals surface area contributed by atoms with Gasteiger partial charge in [0.2, 0.25) is 12.7 Å². The van der Waals surface area contributed by atoms with Gasteiger partial charge in [-0.15, -0.1) is 11.3 Å². The van der Waals surface area contributed by atoms with Crippen molar-refractivity contribution in [1.82, 2.24) is 10.3 Å². The van der Waals surface area contributed by atoms with Crippen molar-refractivity contribution < 1.29 is 19.1 Å². The minimum absolute atomic E-state index is 0.00847. The zero-order valence-electron chi connectivity index (χ0n) is 15.5. The van der Waals surface area contributed by atoms with Crippen LogP contribution in [0.1, 0.15) is 54.6 Å². The smallest absolute Gasteiger partial charge is 0.257 e. The Balaban J connectivity index is 1.31. The molecule has 4 rings (SSSR count). The van der Waals surface area contributed by atoms with Gasteiger partial charge in [0.1, 0.15) is 0 Å². The van der Waals surface area contributed by atoms with Crippen LogP contribution in [0, 0.1) is 0 Å². The molecule has 7 nitrogen and oxygen atoms in total. The number of carbonyl (C=O) groups is 2. The van der Waals surface area contributed by atoms with Crippen LogP contribution >= 0.6 is 11.3 Å². The number of amides is 2. The van der Waals surface area contributed by atoms with Crippen molar-refractivity contribution in [2.75, 3.05) is 12.1 Å². The number of hydrogen-bond donors (Lipinski definition) is 2. The molecule has 28 heavy (non-hydrogen) atoms. The van der Waals surface area contributed by atoms with E-state index in [1.807, 2.05) is 5.38 Å². The number of benzene rings is 1. The molecule has 8 heteroatoms. The van der Waals surface area contributed by atoms with Crippen LogP contribution in [-0.2, 0) is 11.2 Å². The van der Waals surface area contributed by atoms with Crippen LogP contribution < -0.4 is 20.1 Å². The first kappa shape index (κ1) is 18.7. The number of carbonyl (C=O) groups excluding carboxylic acids is 2. The van der Waals surface area contributed by atoms with Crippen LogP contribution in [0.15, 0.2) is 23.6 Å². The van der Waals surface area contributed by atoms with Gasteiger partial charge in [0.05, 0.1) is 12.1 Å². The molecule has 2 aliphatic rings. The van der Waals surface area contributed by atoms with Crippen LogP contribution in [0.4, 0.5) is 5.13 Å². The average molecular weight is 401 g/mol. The molecule has 2 amide bonds. The fourth-order valence-electron chi connectivity index (χ4n) is 3.52. The number of aromatic nitrogens is 1. The number of thiazole rings is 1. The Hall–Kier alpha value is -2.61. The number of anilines is 1.